The monoisotopic (exact) mass is 517 g/mol. The van der Waals surface area contributed by atoms with E-state index in [1.165, 1.54) is 31.2 Å². The van der Waals surface area contributed by atoms with E-state index in [2.05, 4.69) is 44.8 Å². The predicted octanol–water partition coefficient (Wildman–Crippen LogP) is 2.22. The summed E-state index contributed by atoms with van der Waals surface area (Å²) in [6, 6.07) is 12.3. The Morgan fingerprint density at radius 3 is 2.30 bits per heavy atom. The van der Waals surface area contributed by atoms with Crippen LogP contribution in [0.5, 0.6) is 0 Å². The van der Waals surface area contributed by atoms with Crippen molar-refractivity contribution in [2.45, 2.75) is 32.4 Å². The Hall–Kier alpha value is -3.15. The summed E-state index contributed by atoms with van der Waals surface area (Å²) in [4.78, 5) is 24.8. The number of aliphatic hydroxyl groups is 1. The first-order valence-corrected chi connectivity index (χ1v) is 10.2. The zero-order valence-corrected chi connectivity index (χ0v) is 18.5. The molecular weight excluding hydrogens is 497 g/mol. The minimum absolute atomic E-state index is 0.269. The Balaban J connectivity index is 2.12. The molecule has 0 bridgehead atoms. The van der Waals surface area contributed by atoms with Crippen LogP contribution in [0.3, 0.4) is 0 Å². The molecule has 2 amide bonds. The minimum atomic E-state index is -1.06. The van der Waals surface area contributed by atoms with Crippen LogP contribution in [0.25, 0.3) is 0 Å². The smallest absolute Gasteiger partial charge is 0.269 e. The summed E-state index contributed by atoms with van der Waals surface area (Å²) in [6.07, 6.45) is -0.436. The molecule has 0 aromatic heterocycles. The third-order valence-electron chi connectivity index (χ3n) is 4.37. The highest BCUT2D eigenvalue weighted by molar-refractivity contribution is 14.1. The molecule has 2 aromatic rings. The lowest BCUT2D eigenvalue weighted by Gasteiger charge is -2.24. The fourth-order valence-electron chi connectivity index (χ4n) is 2.73. The Labute approximate surface area is 188 Å². The fourth-order valence-corrected chi connectivity index (χ4v) is 3.70. The molecular formula is C21H20IN5O3. The van der Waals surface area contributed by atoms with Crippen molar-refractivity contribution in [1.29, 1.82) is 10.5 Å². The quantitative estimate of drug-likeness (QED) is 0.343. The summed E-state index contributed by atoms with van der Waals surface area (Å²) >= 11 is 2.08. The number of nitrogens with one attached hydrogen (secondary N) is 3. The van der Waals surface area contributed by atoms with Crippen LogP contribution in [0, 0.1) is 26.2 Å². The van der Waals surface area contributed by atoms with Crippen molar-refractivity contribution in [3.63, 3.8) is 0 Å². The standard InChI is InChI=1S/C21H20IN5O3/c1-3-16-17(9-8-15(11-24)18(16)22)25-19(12(2)28)21(30)27-26-20(29)14-6-4-13(10-23)5-7-14/h4-9,12,19,25,28H,3H2,1-2H3,(H,26,29)(H,27,30)/t12-,19-/m1/s1. The summed E-state index contributed by atoms with van der Waals surface area (Å²) in [7, 11) is 0. The molecule has 0 radical (unpaired) electrons. The number of hydrazine groups is 1. The van der Waals surface area contributed by atoms with Gasteiger partial charge in [-0.15, -0.1) is 0 Å². The van der Waals surface area contributed by atoms with Gasteiger partial charge in [0, 0.05) is 14.8 Å². The van der Waals surface area contributed by atoms with Crippen molar-refractivity contribution < 1.29 is 14.7 Å². The molecule has 2 atom stereocenters. The van der Waals surface area contributed by atoms with E-state index in [0.29, 0.717) is 23.2 Å². The average Bonchev–Trinajstić information content (AvgIpc) is 2.75. The minimum Gasteiger partial charge on any atom is -0.391 e. The van der Waals surface area contributed by atoms with Gasteiger partial charge in [-0.25, -0.2) is 0 Å². The van der Waals surface area contributed by atoms with Gasteiger partial charge >= 0.3 is 0 Å². The lowest BCUT2D eigenvalue weighted by atomic mass is 10.0. The highest BCUT2D eigenvalue weighted by Gasteiger charge is 2.25. The molecule has 0 aliphatic rings. The van der Waals surface area contributed by atoms with E-state index >= 15 is 0 Å². The number of anilines is 1. The number of nitriles is 2. The summed E-state index contributed by atoms with van der Waals surface area (Å²) in [5.41, 5.74) is 7.30. The van der Waals surface area contributed by atoms with Crippen LogP contribution in [-0.2, 0) is 11.2 Å². The Morgan fingerprint density at radius 2 is 1.77 bits per heavy atom. The van der Waals surface area contributed by atoms with Crippen LogP contribution in [0.2, 0.25) is 0 Å². The molecule has 0 saturated heterocycles. The highest BCUT2D eigenvalue weighted by atomic mass is 127. The summed E-state index contributed by atoms with van der Waals surface area (Å²) in [5, 5.41) is 31.1. The van der Waals surface area contributed by atoms with E-state index in [-0.39, 0.29) is 5.56 Å². The first-order valence-electron chi connectivity index (χ1n) is 9.08. The van der Waals surface area contributed by atoms with Crippen molar-refractivity contribution in [1.82, 2.24) is 10.9 Å². The molecule has 9 heteroatoms. The number of amides is 2. The van der Waals surface area contributed by atoms with Crippen LogP contribution >= 0.6 is 22.6 Å². The average molecular weight is 517 g/mol. The van der Waals surface area contributed by atoms with Crippen molar-refractivity contribution in [2.75, 3.05) is 5.32 Å². The molecule has 0 spiro atoms. The van der Waals surface area contributed by atoms with Crippen LogP contribution in [-0.4, -0.2) is 29.1 Å². The van der Waals surface area contributed by atoms with Gasteiger partial charge in [0.2, 0.25) is 0 Å². The molecule has 154 valence electrons. The van der Waals surface area contributed by atoms with Gasteiger partial charge in [0.05, 0.1) is 23.3 Å². The zero-order valence-electron chi connectivity index (χ0n) is 16.4. The van der Waals surface area contributed by atoms with Gasteiger partial charge in [-0.2, -0.15) is 10.5 Å². The molecule has 0 fully saturated rings. The van der Waals surface area contributed by atoms with E-state index in [1.807, 2.05) is 13.0 Å². The van der Waals surface area contributed by atoms with Gasteiger partial charge < -0.3 is 10.4 Å². The number of carbonyl (C=O) groups is 2. The van der Waals surface area contributed by atoms with Crippen LogP contribution in [0.4, 0.5) is 5.69 Å². The van der Waals surface area contributed by atoms with Gasteiger partial charge in [-0.05, 0) is 77.9 Å². The van der Waals surface area contributed by atoms with Crippen LogP contribution in [0.15, 0.2) is 36.4 Å². The Morgan fingerprint density at radius 1 is 1.10 bits per heavy atom. The second-order valence-corrected chi connectivity index (χ2v) is 7.49. The third-order valence-corrected chi connectivity index (χ3v) is 5.60. The second-order valence-electron chi connectivity index (χ2n) is 6.41. The molecule has 0 aliphatic carbocycles. The maximum Gasteiger partial charge on any atom is 0.269 e. The summed E-state index contributed by atoms with van der Waals surface area (Å²) in [5.74, 6) is -1.19. The SMILES string of the molecule is CCc1c(N[C@@H](C(=O)NNC(=O)c2ccc(C#N)cc2)[C@@H](C)O)ccc(C#N)c1I. The van der Waals surface area contributed by atoms with E-state index in [9.17, 15) is 20.0 Å². The normalized spacial score (nSPS) is 12.1. The van der Waals surface area contributed by atoms with Gasteiger partial charge in [0.1, 0.15) is 12.1 Å². The molecule has 4 N–H and O–H groups in total. The van der Waals surface area contributed by atoms with E-state index in [4.69, 9.17) is 5.26 Å². The Kier molecular flexibility index (Phi) is 8.16. The maximum absolute atomic E-state index is 12.6. The van der Waals surface area contributed by atoms with E-state index < -0.39 is 24.0 Å². The maximum atomic E-state index is 12.6. The number of halogens is 1. The number of hydrogen-bond donors (Lipinski definition) is 4. The molecule has 30 heavy (non-hydrogen) atoms. The van der Waals surface area contributed by atoms with Crippen molar-refractivity contribution in [3.05, 3.63) is 62.2 Å². The molecule has 0 aliphatic heterocycles. The number of aliphatic hydroxyl groups excluding tert-OH is 1. The molecule has 8 nitrogen and oxygen atoms in total. The lowest BCUT2D eigenvalue weighted by Crippen LogP contribution is -2.52. The van der Waals surface area contributed by atoms with Crippen molar-refractivity contribution in [2.24, 2.45) is 0 Å². The number of nitrogens with zero attached hydrogens (tertiary/aromatic N) is 2. The van der Waals surface area contributed by atoms with E-state index in [1.54, 1.807) is 12.1 Å². The second kappa shape index (κ2) is 10.6. The topological polar surface area (TPSA) is 138 Å². The lowest BCUT2D eigenvalue weighted by molar-refractivity contribution is -0.124. The van der Waals surface area contributed by atoms with Gasteiger partial charge in [0.25, 0.3) is 11.8 Å². The molecule has 2 rings (SSSR count). The number of benzene rings is 2. The number of rotatable bonds is 6. The van der Waals surface area contributed by atoms with Crippen molar-refractivity contribution in [3.8, 4) is 12.1 Å². The van der Waals surface area contributed by atoms with Gasteiger partial charge in [0.15, 0.2) is 0 Å². The van der Waals surface area contributed by atoms with Crippen LogP contribution in [0.1, 0.15) is 40.9 Å². The molecule has 2 aromatic carbocycles. The largest absolute Gasteiger partial charge is 0.391 e. The number of carbonyl (C=O) groups excluding carboxylic acids is 2. The zero-order chi connectivity index (χ0) is 22.3. The first-order chi connectivity index (χ1) is 14.3. The van der Waals surface area contributed by atoms with Crippen LogP contribution < -0.4 is 16.2 Å². The summed E-state index contributed by atoms with van der Waals surface area (Å²) in [6.45, 7) is 3.39. The summed E-state index contributed by atoms with van der Waals surface area (Å²) < 4.78 is 0.779. The first kappa shape index (κ1) is 23.1. The van der Waals surface area contributed by atoms with Gasteiger partial charge in [-0.1, -0.05) is 6.92 Å². The number of hydrogen-bond acceptors (Lipinski definition) is 6. The van der Waals surface area contributed by atoms with Gasteiger partial charge in [-0.3, -0.25) is 20.4 Å². The third kappa shape index (κ3) is 5.47. The fraction of sp³-hybridized carbons (Fsp3) is 0.238. The van der Waals surface area contributed by atoms with Crippen molar-refractivity contribution >= 4 is 40.1 Å². The predicted molar refractivity (Wildman–Crippen MR) is 119 cm³/mol. The molecule has 0 unspecified atom stereocenters. The molecule has 0 heterocycles. The van der Waals surface area contributed by atoms with E-state index in [0.717, 1.165) is 9.13 Å². The Bertz CT molecular complexity index is 1020. The molecule has 0 saturated carbocycles. The highest BCUT2D eigenvalue weighted by Crippen LogP contribution is 2.26.